The lowest BCUT2D eigenvalue weighted by atomic mass is 10.1. The van der Waals surface area contributed by atoms with Gasteiger partial charge in [-0.1, -0.05) is 24.3 Å². The van der Waals surface area contributed by atoms with Gasteiger partial charge in [-0.3, -0.25) is 0 Å². The lowest BCUT2D eigenvalue weighted by molar-refractivity contribution is 0.365. The summed E-state index contributed by atoms with van der Waals surface area (Å²) >= 11 is 0. The fourth-order valence-corrected chi connectivity index (χ4v) is 1.65. The van der Waals surface area contributed by atoms with Crippen LogP contribution in [0.25, 0.3) is 0 Å². The third kappa shape index (κ3) is 4.77. The van der Waals surface area contributed by atoms with E-state index in [1.54, 1.807) is 0 Å². The Bertz CT molecular complexity index is 307. The minimum absolute atomic E-state index is 0.571. The molecule has 90 valence electrons. The van der Waals surface area contributed by atoms with Crippen LogP contribution >= 0.6 is 0 Å². The predicted molar refractivity (Wildman–Crippen MR) is 70.7 cm³/mol. The van der Waals surface area contributed by atoms with Crippen molar-refractivity contribution in [1.82, 2.24) is 10.2 Å². The first-order chi connectivity index (χ1) is 7.59. The molecule has 0 bridgehead atoms. The number of nitrogens with zero attached hydrogens (tertiary/aromatic N) is 1. The van der Waals surface area contributed by atoms with Gasteiger partial charge in [0.25, 0.3) is 0 Å². The summed E-state index contributed by atoms with van der Waals surface area (Å²) in [6, 6.07) is 9.13. The van der Waals surface area contributed by atoms with E-state index < -0.39 is 0 Å². The zero-order valence-corrected chi connectivity index (χ0v) is 11.0. The molecule has 0 aliphatic carbocycles. The second kappa shape index (κ2) is 6.66. The molecule has 2 nitrogen and oxygen atoms in total. The van der Waals surface area contributed by atoms with Crippen LogP contribution in [0.2, 0.25) is 0 Å². The first-order valence-corrected chi connectivity index (χ1v) is 6.02. The quantitative estimate of drug-likeness (QED) is 0.792. The molecule has 1 atom stereocenters. The summed E-state index contributed by atoms with van der Waals surface area (Å²) in [7, 11) is 4.24. The summed E-state index contributed by atoms with van der Waals surface area (Å²) in [6.07, 6.45) is 1.19. The summed E-state index contributed by atoms with van der Waals surface area (Å²) in [5.74, 6) is 0. The molecule has 0 saturated heterocycles. The standard InChI is InChI=1S/C14H24N2/c1-12-7-5-6-8-14(12)11-15-13(2)9-10-16(3)4/h5-8,13,15H,9-11H2,1-4H3. The summed E-state index contributed by atoms with van der Waals surface area (Å²) in [5.41, 5.74) is 2.77. The zero-order chi connectivity index (χ0) is 12.0. The van der Waals surface area contributed by atoms with Crippen LogP contribution in [0.4, 0.5) is 0 Å². The summed E-state index contributed by atoms with van der Waals surface area (Å²) in [6.45, 7) is 6.53. The SMILES string of the molecule is Cc1ccccc1CNC(C)CCN(C)C. The Morgan fingerprint density at radius 3 is 2.56 bits per heavy atom. The highest BCUT2D eigenvalue weighted by Crippen LogP contribution is 2.06. The maximum atomic E-state index is 3.57. The third-order valence-electron chi connectivity index (χ3n) is 2.91. The van der Waals surface area contributed by atoms with Crippen LogP contribution in [0.15, 0.2) is 24.3 Å². The van der Waals surface area contributed by atoms with Crippen LogP contribution in [-0.4, -0.2) is 31.6 Å². The zero-order valence-electron chi connectivity index (χ0n) is 11.0. The van der Waals surface area contributed by atoms with Crippen molar-refractivity contribution < 1.29 is 0 Å². The Morgan fingerprint density at radius 2 is 1.94 bits per heavy atom. The molecule has 1 aromatic carbocycles. The topological polar surface area (TPSA) is 15.3 Å². The van der Waals surface area contributed by atoms with Crippen LogP contribution in [0.1, 0.15) is 24.5 Å². The molecule has 0 spiro atoms. The Balaban J connectivity index is 2.31. The highest BCUT2D eigenvalue weighted by atomic mass is 15.1. The van der Waals surface area contributed by atoms with E-state index in [0.717, 1.165) is 13.1 Å². The largest absolute Gasteiger partial charge is 0.310 e. The van der Waals surface area contributed by atoms with Gasteiger partial charge in [0.1, 0.15) is 0 Å². The van der Waals surface area contributed by atoms with Crippen molar-refractivity contribution in [2.75, 3.05) is 20.6 Å². The fraction of sp³-hybridized carbons (Fsp3) is 0.571. The molecule has 0 saturated carbocycles. The van der Waals surface area contributed by atoms with Gasteiger partial charge in [0.15, 0.2) is 0 Å². The smallest absolute Gasteiger partial charge is 0.0210 e. The molecule has 16 heavy (non-hydrogen) atoms. The molecule has 0 amide bonds. The van der Waals surface area contributed by atoms with Gasteiger partial charge in [0, 0.05) is 12.6 Å². The van der Waals surface area contributed by atoms with Gasteiger partial charge in [-0.05, 0) is 52.0 Å². The van der Waals surface area contributed by atoms with E-state index in [0.29, 0.717) is 6.04 Å². The molecule has 1 rings (SSSR count). The molecular formula is C14H24N2. The van der Waals surface area contributed by atoms with E-state index in [-0.39, 0.29) is 0 Å². The van der Waals surface area contributed by atoms with Crippen molar-refractivity contribution in [2.45, 2.75) is 32.9 Å². The number of rotatable bonds is 6. The van der Waals surface area contributed by atoms with Crippen LogP contribution in [-0.2, 0) is 6.54 Å². The minimum Gasteiger partial charge on any atom is -0.310 e. The minimum atomic E-state index is 0.571. The molecular weight excluding hydrogens is 196 g/mol. The van der Waals surface area contributed by atoms with E-state index in [1.165, 1.54) is 17.5 Å². The molecule has 0 radical (unpaired) electrons. The third-order valence-corrected chi connectivity index (χ3v) is 2.91. The van der Waals surface area contributed by atoms with Gasteiger partial charge >= 0.3 is 0 Å². The molecule has 0 aliphatic rings. The Morgan fingerprint density at radius 1 is 1.25 bits per heavy atom. The average molecular weight is 220 g/mol. The van der Waals surface area contributed by atoms with E-state index in [2.05, 4.69) is 62.4 Å². The van der Waals surface area contributed by atoms with Gasteiger partial charge in [-0.2, -0.15) is 0 Å². The number of benzene rings is 1. The maximum absolute atomic E-state index is 3.57. The fourth-order valence-electron chi connectivity index (χ4n) is 1.65. The van der Waals surface area contributed by atoms with Crippen molar-refractivity contribution in [3.05, 3.63) is 35.4 Å². The molecule has 1 aromatic rings. The maximum Gasteiger partial charge on any atom is 0.0210 e. The number of hydrogen-bond acceptors (Lipinski definition) is 2. The Labute approximate surface area is 99.7 Å². The highest BCUT2D eigenvalue weighted by molar-refractivity contribution is 5.25. The number of hydrogen-bond donors (Lipinski definition) is 1. The van der Waals surface area contributed by atoms with Crippen molar-refractivity contribution in [3.63, 3.8) is 0 Å². The molecule has 0 aliphatic heterocycles. The monoisotopic (exact) mass is 220 g/mol. The van der Waals surface area contributed by atoms with Gasteiger partial charge in [-0.15, -0.1) is 0 Å². The van der Waals surface area contributed by atoms with Gasteiger partial charge in [0.2, 0.25) is 0 Å². The Kier molecular flexibility index (Phi) is 5.50. The van der Waals surface area contributed by atoms with Crippen molar-refractivity contribution >= 4 is 0 Å². The molecule has 0 fully saturated rings. The lowest BCUT2D eigenvalue weighted by Gasteiger charge is -2.17. The van der Waals surface area contributed by atoms with Crippen molar-refractivity contribution in [1.29, 1.82) is 0 Å². The molecule has 1 unspecified atom stereocenters. The van der Waals surface area contributed by atoms with Crippen LogP contribution in [0, 0.1) is 6.92 Å². The second-order valence-electron chi connectivity index (χ2n) is 4.80. The van der Waals surface area contributed by atoms with Crippen molar-refractivity contribution in [3.8, 4) is 0 Å². The second-order valence-corrected chi connectivity index (χ2v) is 4.80. The first kappa shape index (κ1) is 13.2. The number of nitrogens with one attached hydrogen (secondary N) is 1. The number of aryl methyl sites for hydroxylation is 1. The summed E-state index contributed by atoms with van der Waals surface area (Å²) in [4.78, 5) is 2.23. The predicted octanol–water partition coefficient (Wildman–Crippen LogP) is 2.42. The Hall–Kier alpha value is -0.860. The van der Waals surface area contributed by atoms with Gasteiger partial charge in [0.05, 0.1) is 0 Å². The molecule has 2 heteroatoms. The van der Waals surface area contributed by atoms with E-state index >= 15 is 0 Å². The average Bonchev–Trinajstić information content (AvgIpc) is 2.25. The van der Waals surface area contributed by atoms with Gasteiger partial charge < -0.3 is 10.2 Å². The molecule has 1 N–H and O–H groups in total. The lowest BCUT2D eigenvalue weighted by Crippen LogP contribution is -2.29. The normalized spacial score (nSPS) is 13.1. The van der Waals surface area contributed by atoms with E-state index in [9.17, 15) is 0 Å². The molecule has 0 aromatic heterocycles. The van der Waals surface area contributed by atoms with Crippen LogP contribution < -0.4 is 5.32 Å². The van der Waals surface area contributed by atoms with E-state index in [1.807, 2.05) is 0 Å². The van der Waals surface area contributed by atoms with Gasteiger partial charge in [-0.25, -0.2) is 0 Å². The molecule has 0 heterocycles. The van der Waals surface area contributed by atoms with Crippen molar-refractivity contribution in [2.24, 2.45) is 0 Å². The van der Waals surface area contributed by atoms with E-state index in [4.69, 9.17) is 0 Å². The first-order valence-electron chi connectivity index (χ1n) is 6.02. The highest BCUT2D eigenvalue weighted by Gasteiger charge is 2.03. The van der Waals surface area contributed by atoms with Crippen LogP contribution in [0.5, 0.6) is 0 Å². The summed E-state index contributed by atoms with van der Waals surface area (Å²) < 4.78 is 0. The van der Waals surface area contributed by atoms with Crippen LogP contribution in [0.3, 0.4) is 0 Å². The summed E-state index contributed by atoms with van der Waals surface area (Å²) in [5, 5.41) is 3.57.